The number of rotatable bonds is 6. The molecule has 1 aliphatic rings. The number of carbonyl (C=O) groups is 1. The molecule has 1 saturated heterocycles. The van der Waals surface area contributed by atoms with Crippen molar-refractivity contribution in [2.24, 2.45) is 11.3 Å². The first-order valence-corrected chi connectivity index (χ1v) is 8.89. The summed E-state index contributed by atoms with van der Waals surface area (Å²) < 4.78 is 54.3. The van der Waals surface area contributed by atoms with E-state index in [9.17, 15) is 22.4 Å². The SMILES string of the molecule is CN(C)CC(C)(C)CNC(=O)C1CCN(c2c(F)c(F)nc(F)c2F)CC1. The number of nitrogens with zero attached hydrogens (tertiary/aromatic N) is 3. The van der Waals surface area contributed by atoms with Crippen LogP contribution in [-0.2, 0) is 4.79 Å². The molecule has 0 spiro atoms. The molecule has 0 saturated carbocycles. The van der Waals surface area contributed by atoms with Crippen LogP contribution in [0.5, 0.6) is 0 Å². The van der Waals surface area contributed by atoms with Gasteiger partial charge in [0.15, 0.2) is 0 Å². The van der Waals surface area contributed by atoms with E-state index in [-0.39, 0.29) is 30.3 Å². The van der Waals surface area contributed by atoms with E-state index in [1.54, 1.807) is 0 Å². The molecular weight excluding hydrogens is 364 g/mol. The van der Waals surface area contributed by atoms with Crippen molar-refractivity contribution >= 4 is 11.6 Å². The first kappa shape index (κ1) is 21.4. The Hall–Kier alpha value is -1.90. The lowest BCUT2D eigenvalue weighted by atomic mass is 9.91. The Kier molecular flexibility index (Phi) is 6.67. The number of nitrogens with one attached hydrogen (secondary N) is 1. The number of anilines is 1. The highest BCUT2D eigenvalue weighted by Crippen LogP contribution is 2.30. The smallest absolute Gasteiger partial charge is 0.253 e. The Balaban J connectivity index is 1.95. The molecule has 0 radical (unpaired) electrons. The molecule has 1 N–H and O–H groups in total. The molecule has 1 fully saturated rings. The van der Waals surface area contributed by atoms with Gasteiger partial charge in [-0.15, -0.1) is 0 Å². The fraction of sp³-hybridized carbons (Fsp3) is 0.667. The highest BCUT2D eigenvalue weighted by atomic mass is 19.2. The number of hydrogen-bond donors (Lipinski definition) is 1. The molecule has 0 unspecified atom stereocenters. The average molecular weight is 390 g/mol. The summed E-state index contributed by atoms with van der Waals surface area (Å²) in [7, 11) is 3.92. The predicted molar refractivity (Wildman–Crippen MR) is 94.4 cm³/mol. The Bertz CT molecular complexity index is 662. The van der Waals surface area contributed by atoms with Gasteiger partial charge in [-0.25, -0.2) is 0 Å². The van der Waals surface area contributed by atoms with Crippen LogP contribution in [0.3, 0.4) is 0 Å². The van der Waals surface area contributed by atoms with Gasteiger partial charge in [-0.3, -0.25) is 4.79 Å². The highest BCUT2D eigenvalue weighted by molar-refractivity contribution is 5.79. The minimum absolute atomic E-state index is 0.0990. The zero-order valence-electron chi connectivity index (χ0n) is 16.1. The van der Waals surface area contributed by atoms with Crippen LogP contribution in [0, 0.1) is 34.9 Å². The molecule has 27 heavy (non-hydrogen) atoms. The Labute approximate surface area is 156 Å². The fourth-order valence-corrected chi connectivity index (χ4v) is 3.50. The van der Waals surface area contributed by atoms with Gasteiger partial charge in [-0.2, -0.15) is 22.5 Å². The van der Waals surface area contributed by atoms with E-state index in [0.29, 0.717) is 19.4 Å². The predicted octanol–water partition coefficient (Wildman–Crippen LogP) is 2.56. The molecule has 0 aliphatic carbocycles. The lowest BCUT2D eigenvalue weighted by Gasteiger charge is -2.34. The van der Waals surface area contributed by atoms with E-state index >= 15 is 0 Å². The summed E-state index contributed by atoms with van der Waals surface area (Å²) in [6.07, 6.45) is 0.675. The number of aromatic nitrogens is 1. The van der Waals surface area contributed by atoms with E-state index in [4.69, 9.17) is 0 Å². The minimum atomic E-state index is -1.67. The van der Waals surface area contributed by atoms with Crippen molar-refractivity contribution in [3.8, 4) is 0 Å². The maximum atomic E-state index is 13.9. The van der Waals surface area contributed by atoms with Crippen LogP contribution in [0.25, 0.3) is 0 Å². The summed E-state index contributed by atoms with van der Waals surface area (Å²) in [5, 5.41) is 2.93. The van der Waals surface area contributed by atoms with Crippen molar-refractivity contribution in [1.29, 1.82) is 0 Å². The van der Waals surface area contributed by atoms with E-state index in [0.717, 1.165) is 6.54 Å². The van der Waals surface area contributed by atoms with Gasteiger partial charge in [0.25, 0.3) is 11.9 Å². The van der Waals surface area contributed by atoms with Gasteiger partial charge >= 0.3 is 0 Å². The molecule has 1 aromatic heterocycles. The van der Waals surface area contributed by atoms with Gasteiger partial charge < -0.3 is 15.1 Å². The molecule has 1 amide bonds. The number of hydrogen-bond acceptors (Lipinski definition) is 4. The van der Waals surface area contributed by atoms with Crippen molar-refractivity contribution in [2.75, 3.05) is 45.2 Å². The fourth-order valence-electron chi connectivity index (χ4n) is 3.50. The highest BCUT2D eigenvalue weighted by Gasteiger charge is 2.31. The van der Waals surface area contributed by atoms with Crippen LogP contribution in [0.2, 0.25) is 0 Å². The third-order valence-corrected chi connectivity index (χ3v) is 4.64. The maximum absolute atomic E-state index is 13.9. The van der Waals surface area contributed by atoms with Crippen LogP contribution in [0.1, 0.15) is 26.7 Å². The quantitative estimate of drug-likeness (QED) is 0.599. The van der Waals surface area contributed by atoms with E-state index in [2.05, 4.69) is 10.3 Å². The Morgan fingerprint density at radius 1 is 1.15 bits per heavy atom. The van der Waals surface area contributed by atoms with Gasteiger partial charge in [0, 0.05) is 32.1 Å². The topological polar surface area (TPSA) is 48.5 Å². The Morgan fingerprint density at radius 3 is 2.15 bits per heavy atom. The summed E-state index contributed by atoms with van der Waals surface area (Å²) in [4.78, 5) is 18.2. The van der Waals surface area contributed by atoms with E-state index in [1.165, 1.54) is 4.90 Å². The van der Waals surface area contributed by atoms with Gasteiger partial charge in [0.1, 0.15) is 5.69 Å². The van der Waals surface area contributed by atoms with E-state index in [1.807, 2.05) is 32.8 Å². The van der Waals surface area contributed by atoms with Crippen LogP contribution >= 0.6 is 0 Å². The molecule has 1 aliphatic heterocycles. The van der Waals surface area contributed by atoms with Gasteiger partial charge in [0.2, 0.25) is 17.5 Å². The van der Waals surface area contributed by atoms with Crippen LogP contribution in [-0.4, -0.2) is 56.1 Å². The number of halogens is 4. The molecule has 2 rings (SSSR count). The molecule has 5 nitrogen and oxygen atoms in total. The molecule has 0 aromatic carbocycles. The first-order valence-electron chi connectivity index (χ1n) is 8.89. The average Bonchev–Trinajstić information content (AvgIpc) is 2.58. The molecule has 2 heterocycles. The zero-order valence-corrected chi connectivity index (χ0v) is 16.1. The van der Waals surface area contributed by atoms with Crippen molar-refractivity contribution in [3.05, 3.63) is 23.5 Å². The number of amides is 1. The van der Waals surface area contributed by atoms with Gasteiger partial charge in [0.05, 0.1) is 0 Å². The van der Waals surface area contributed by atoms with Crippen LogP contribution in [0.15, 0.2) is 0 Å². The maximum Gasteiger partial charge on any atom is 0.253 e. The summed E-state index contributed by atoms with van der Waals surface area (Å²) in [5.41, 5.74) is -0.857. The number of pyridine rings is 1. The molecule has 0 atom stereocenters. The molecule has 0 bridgehead atoms. The van der Waals surface area contributed by atoms with Crippen LogP contribution < -0.4 is 10.2 Å². The monoisotopic (exact) mass is 390 g/mol. The molecule has 152 valence electrons. The molecule has 1 aromatic rings. The summed E-state index contributed by atoms with van der Waals surface area (Å²) >= 11 is 0. The molecular formula is C18H26F4N4O. The van der Waals surface area contributed by atoms with Crippen molar-refractivity contribution in [2.45, 2.75) is 26.7 Å². The second-order valence-electron chi connectivity index (χ2n) is 8.05. The largest absolute Gasteiger partial charge is 0.366 e. The van der Waals surface area contributed by atoms with Crippen molar-refractivity contribution in [3.63, 3.8) is 0 Å². The molecule has 9 heteroatoms. The first-order chi connectivity index (χ1) is 12.5. The van der Waals surface area contributed by atoms with Gasteiger partial charge in [-0.1, -0.05) is 13.8 Å². The third kappa shape index (κ3) is 5.31. The lowest BCUT2D eigenvalue weighted by molar-refractivity contribution is -0.126. The number of carbonyl (C=O) groups excluding carboxylic acids is 1. The summed E-state index contributed by atoms with van der Waals surface area (Å²) in [6, 6.07) is 0. The minimum Gasteiger partial charge on any atom is -0.366 e. The second kappa shape index (κ2) is 8.41. The second-order valence-corrected chi connectivity index (χ2v) is 8.05. The third-order valence-electron chi connectivity index (χ3n) is 4.64. The van der Waals surface area contributed by atoms with E-state index < -0.39 is 29.2 Å². The zero-order chi connectivity index (χ0) is 20.4. The van der Waals surface area contributed by atoms with Gasteiger partial charge in [-0.05, 0) is 32.4 Å². The summed E-state index contributed by atoms with van der Waals surface area (Å²) in [6.45, 7) is 5.66. The van der Waals surface area contributed by atoms with Crippen LogP contribution in [0.4, 0.5) is 23.2 Å². The Morgan fingerprint density at radius 2 is 1.67 bits per heavy atom. The lowest BCUT2D eigenvalue weighted by Crippen LogP contribution is -2.45. The standard InChI is InChI=1S/C18H26F4N4O/c1-18(2,10-25(3)4)9-23-17(27)11-5-7-26(8-6-11)14-12(19)15(21)24-16(22)13(14)20/h11H,5-10H2,1-4H3,(H,23,27). The normalized spacial score (nSPS) is 16.1. The van der Waals surface area contributed by atoms with Crippen molar-refractivity contribution < 1.29 is 22.4 Å². The van der Waals surface area contributed by atoms with Crippen molar-refractivity contribution in [1.82, 2.24) is 15.2 Å². The number of piperidine rings is 1. The summed E-state index contributed by atoms with van der Waals surface area (Å²) in [5.74, 6) is -6.79.